The van der Waals surface area contributed by atoms with Gasteiger partial charge in [0, 0.05) is 31.8 Å². The van der Waals surface area contributed by atoms with Gasteiger partial charge in [0.15, 0.2) is 0 Å². The van der Waals surface area contributed by atoms with Gasteiger partial charge in [-0.05, 0) is 24.5 Å². The van der Waals surface area contributed by atoms with E-state index in [9.17, 15) is 0 Å². The Labute approximate surface area is 127 Å². The molecule has 104 valence electrons. The minimum absolute atomic E-state index is 0.484. The normalized spacial score (nSPS) is 14.3. The number of nitrogens with zero attached hydrogens (tertiary/aromatic N) is 4. The van der Waals surface area contributed by atoms with E-state index in [-0.39, 0.29) is 0 Å². The van der Waals surface area contributed by atoms with Gasteiger partial charge in [0.05, 0.1) is 0 Å². The van der Waals surface area contributed by atoms with Crippen molar-refractivity contribution in [1.82, 2.24) is 15.0 Å². The molecule has 0 spiro atoms. The van der Waals surface area contributed by atoms with Crippen LogP contribution in [0.5, 0.6) is 0 Å². The fourth-order valence-electron chi connectivity index (χ4n) is 2.00. The Morgan fingerprint density at radius 2 is 2.00 bits per heavy atom. The Kier molecular flexibility index (Phi) is 3.76. The second-order valence-electron chi connectivity index (χ2n) is 5.03. The molecule has 1 saturated carbocycles. The maximum absolute atomic E-state index is 6.08. The molecule has 1 aliphatic carbocycles. The first-order valence-electron chi connectivity index (χ1n) is 6.48. The molecule has 0 unspecified atom stereocenters. The first-order chi connectivity index (χ1) is 9.61. The average Bonchev–Trinajstić information content (AvgIpc) is 3.25. The van der Waals surface area contributed by atoms with Crippen molar-refractivity contribution in [1.29, 1.82) is 0 Å². The molecule has 0 bridgehead atoms. The maximum atomic E-state index is 6.08. The third-order valence-corrected chi connectivity index (χ3v) is 3.66. The highest BCUT2D eigenvalue weighted by Crippen LogP contribution is 2.39. The van der Waals surface area contributed by atoms with Crippen molar-refractivity contribution >= 4 is 29.0 Å². The van der Waals surface area contributed by atoms with Gasteiger partial charge in [-0.2, -0.15) is 0 Å². The van der Waals surface area contributed by atoms with Crippen molar-refractivity contribution in [3.05, 3.63) is 46.1 Å². The summed E-state index contributed by atoms with van der Waals surface area (Å²) in [4.78, 5) is 15.0. The number of aromatic nitrogens is 3. The van der Waals surface area contributed by atoms with E-state index in [1.807, 2.05) is 18.0 Å². The molecule has 4 nitrogen and oxygen atoms in total. The number of pyridine rings is 1. The van der Waals surface area contributed by atoms with Crippen molar-refractivity contribution in [2.45, 2.75) is 25.3 Å². The third-order valence-electron chi connectivity index (χ3n) is 3.24. The number of anilines is 1. The Hall–Kier alpha value is -1.39. The van der Waals surface area contributed by atoms with Gasteiger partial charge >= 0.3 is 0 Å². The Morgan fingerprint density at radius 1 is 1.20 bits per heavy atom. The van der Waals surface area contributed by atoms with E-state index >= 15 is 0 Å². The molecule has 1 fully saturated rings. The molecule has 0 aliphatic heterocycles. The van der Waals surface area contributed by atoms with E-state index in [1.165, 1.54) is 0 Å². The lowest BCUT2D eigenvalue weighted by molar-refractivity contribution is 0.851. The van der Waals surface area contributed by atoms with Gasteiger partial charge in [0.2, 0.25) is 0 Å². The summed E-state index contributed by atoms with van der Waals surface area (Å²) in [5, 5.41) is 0.996. The van der Waals surface area contributed by atoms with Crippen molar-refractivity contribution < 1.29 is 0 Å². The second kappa shape index (κ2) is 5.54. The number of rotatable bonds is 4. The lowest BCUT2D eigenvalue weighted by Crippen LogP contribution is -2.18. The molecule has 0 saturated heterocycles. The molecule has 2 heterocycles. The lowest BCUT2D eigenvalue weighted by atomic mass is 10.2. The van der Waals surface area contributed by atoms with Crippen LogP contribution < -0.4 is 4.90 Å². The minimum atomic E-state index is 0.484. The molecule has 0 N–H and O–H groups in total. The van der Waals surface area contributed by atoms with Crippen LogP contribution >= 0.6 is 23.2 Å². The zero-order chi connectivity index (χ0) is 14.1. The minimum Gasteiger partial charge on any atom is -0.355 e. The molecule has 0 aromatic carbocycles. The quantitative estimate of drug-likeness (QED) is 0.638. The van der Waals surface area contributed by atoms with Gasteiger partial charge in [0.1, 0.15) is 21.9 Å². The van der Waals surface area contributed by atoms with Crippen LogP contribution in [0.3, 0.4) is 0 Å². The molecule has 1 aliphatic rings. The Morgan fingerprint density at radius 3 is 2.65 bits per heavy atom. The zero-order valence-electron chi connectivity index (χ0n) is 11.1. The topological polar surface area (TPSA) is 41.9 Å². The second-order valence-corrected chi connectivity index (χ2v) is 5.80. The highest BCUT2D eigenvalue weighted by Gasteiger charge is 2.27. The van der Waals surface area contributed by atoms with Crippen LogP contribution in [0.1, 0.15) is 30.1 Å². The van der Waals surface area contributed by atoms with Crippen molar-refractivity contribution in [3.8, 4) is 0 Å². The smallest absolute Gasteiger partial charge is 0.135 e. The molecular weight excluding hydrogens is 295 g/mol. The third kappa shape index (κ3) is 3.19. The summed E-state index contributed by atoms with van der Waals surface area (Å²) in [5.74, 6) is 2.17. The summed E-state index contributed by atoms with van der Waals surface area (Å²) >= 11 is 11.9. The highest BCUT2D eigenvalue weighted by molar-refractivity contribution is 6.29. The van der Waals surface area contributed by atoms with Gasteiger partial charge in [-0.1, -0.05) is 29.3 Å². The summed E-state index contributed by atoms with van der Waals surface area (Å²) in [6.45, 7) is 0.696. The highest BCUT2D eigenvalue weighted by atomic mass is 35.5. The van der Waals surface area contributed by atoms with Crippen molar-refractivity contribution in [3.63, 3.8) is 0 Å². The van der Waals surface area contributed by atoms with Gasteiger partial charge < -0.3 is 4.90 Å². The van der Waals surface area contributed by atoms with Crippen LogP contribution in [-0.4, -0.2) is 22.0 Å². The average molecular weight is 309 g/mol. The van der Waals surface area contributed by atoms with Gasteiger partial charge in [-0.3, -0.25) is 0 Å². The van der Waals surface area contributed by atoms with E-state index in [1.54, 1.807) is 18.3 Å². The van der Waals surface area contributed by atoms with Crippen LogP contribution in [0.25, 0.3) is 0 Å². The number of hydrogen-bond acceptors (Lipinski definition) is 4. The van der Waals surface area contributed by atoms with Crippen LogP contribution in [0.4, 0.5) is 5.82 Å². The van der Waals surface area contributed by atoms with E-state index < -0.39 is 0 Å². The number of halogens is 2. The van der Waals surface area contributed by atoms with Crippen molar-refractivity contribution in [2.75, 3.05) is 11.9 Å². The van der Waals surface area contributed by atoms with E-state index in [0.717, 1.165) is 30.0 Å². The summed E-state index contributed by atoms with van der Waals surface area (Å²) < 4.78 is 0. The molecular formula is C14H14Cl2N4. The molecule has 0 amide bonds. The predicted molar refractivity (Wildman–Crippen MR) is 80.4 cm³/mol. The van der Waals surface area contributed by atoms with Gasteiger partial charge in [0.25, 0.3) is 0 Å². The molecule has 2 aromatic heterocycles. The monoisotopic (exact) mass is 308 g/mol. The van der Waals surface area contributed by atoms with Crippen molar-refractivity contribution in [2.24, 2.45) is 0 Å². The maximum Gasteiger partial charge on any atom is 0.135 e. The zero-order valence-corrected chi connectivity index (χ0v) is 12.6. The molecule has 0 atom stereocenters. The first kappa shape index (κ1) is 13.6. The van der Waals surface area contributed by atoms with Crippen LogP contribution in [0.15, 0.2) is 24.4 Å². The molecule has 0 radical (unpaired) electrons. The lowest BCUT2D eigenvalue weighted by Gasteiger charge is -2.18. The largest absolute Gasteiger partial charge is 0.355 e. The Balaban J connectivity index is 1.79. The summed E-state index contributed by atoms with van der Waals surface area (Å²) in [5.41, 5.74) is 1.07. The van der Waals surface area contributed by atoms with Crippen LogP contribution in [0, 0.1) is 0 Å². The van der Waals surface area contributed by atoms with E-state index in [2.05, 4.69) is 15.0 Å². The number of hydrogen-bond donors (Lipinski definition) is 0. The van der Waals surface area contributed by atoms with Crippen LogP contribution in [-0.2, 0) is 6.54 Å². The molecule has 6 heteroatoms. The molecule has 2 aromatic rings. The Bertz CT molecular complexity index is 611. The van der Waals surface area contributed by atoms with Gasteiger partial charge in [-0.15, -0.1) is 0 Å². The predicted octanol–water partition coefficient (Wildman–Crippen LogP) is 3.69. The summed E-state index contributed by atoms with van der Waals surface area (Å²) in [6, 6.07) is 5.53. The fraction of sp³-hybridized carbons (Fsp3) is 0.357. The van der Waals surface area contributed by atoms with Gasteiger partial charge in [-0.25, -0.2) is 15.0 Å². The first-order valence-corrected chi connectivity index (χ1v) is 7.23. The molecule has 20 heavy (non-hydrogen) atoms. The van der Waals surface area contributed by atoms with E-state index in [4.69, 9.17) is 23.2 Å². The fourth-order valence-corrected chi connectivity index (χ4v) is 2.29. The summed E-state index contributed by atoms with van der Waals surface area (Å²) in [7, 11) is 1.98. The summed E-state index contributed by atoms with van der Waals surface area (Å²) in [6.07, 6.45) is 4.08. The van der Waals surface area contributed by atoms with Crippen LogP contribution in [0.2, 0.25) is 10.3 Å². The molecule has 3 rings (SSSR count). The van der Waals surface area contributed by atoms with E-state index in [0.29, 0.717) is 22.8 Å². The standard InChI is InChI=1S/C14H14Cl2N4/c1-20(8-9-2-5-11(15)17-7-9)13-6-12(16)18-14(19-13)10-3-4-10/h2,5-7,10H,3-4,8H2,1H3. The SMILES string of the molecule is CN(Cc1ccc(Cl)nc1)c1cc(Cl)nc(C2CC2)n1.